The predicted octanol–water partition coefficient (Wildman–Crippen LogP) is 4.51. The van der Waals surface area contributed by atoms with Crippen LogP contribution >= 0.6 is 0 Å². The van der Waals surface area contributed by atoms with Gasteiger partial charge in [0, 0.05) is 49.3 Å². The Morgan fingerprint density at radius 2 is 1.78 bits per heavy atom. The van der Waals surface area contributed by atoms with Crippen LogP contribution in [-0.4, -0.2) is 69.4 Å². The van der Waals surface area contributed by atoms with Crippen LogP contribution in [-0.2, 0) is 37.8 Å². The fraction of sp³-hybridized carbons (Fsp3) is 0.531. The van der Waals surface area contributed by atoms with Gasteiger partial charge in [-0.1, -0.05) is 30.3 Å². The Balaban J connectivity index is 1.11. The molecular formula is C32H41N3O5S. The number of fused-ring (bicyclic) bond motifs is 1. The Hall–Kier alpha value is -2.72. The van der Waals surface area contributed by atoms with Crippen molar-refractivity contribution in [2.45, 2.75) is 61.9 Å². The van der Waals surface area contributed by atoms with Crippen LogP contribution in [0, 0.1) is 11.8 Å². The number of sulfonamides is 1. The Bertz CT molecular complexity index is 1490. The molecule has 6 rings (SSSR count). The second-order valence-corrected chi connectivity index (χ2v) is 13.6. The summed E-state index contributed by atoms with van der Waals surface area (Å²) in [5.74, 6) is 0.801. The first-order valence-electron chi connectivity index (χ1n) is 14.9. The van der Waals surface area contributed by atoms with E-state index in [1.807, 2.05) is 13.1 Å². The molecule has 1 amide bonds. The highest BCUT2D eigenvalue weighted by atomic mass is 32.2. The summed E-state index contributed by atoms with van der Waals surface area (Å²) < 4.78 is 42.7. The van der Waals surface area contributed by atoms with Crippen LogP contribution in [0.1, 0.15) is 44.1 Å². The highest BCUT2D eigenvalue weighted by Gasteiger charge is 2.41. The number of benzene rings is 2. The van der Waals surface area contributed by atoms with Gasteiger partial charge in [0.2, 0.25) is 15.9 Å². The van der Waals surface area contributed by atoms with Gasteiger partial charge in [0.25, 0.3) is 0 Å². The van der Waals surface area contributed by atoms with Crippen LogP contribution in [0.4, 0.5) is 0 Å². The van der Waals surface area contributed by atoms with Crippen molar-refractivity contribution in [1.82, 2.24) is 14.2 Å². The number of morpholine rings is 1. The van der Waals surface area contributed by atoms with E-state index in [-0.39, 0.29) is 28.8 Å². The van der Waals surface area contributed by atoms with Crippen LogP contribution in [0.5, 0.6) is 0 Å². The van der Waals surface area contributed by atoms with E-state index in [1.165, 1.54) is 18.4 Å². The molecule has 41 heavy (non-hydrogen) atoms. The Kier molecular flexibility index (Phi) is 8.23. The SMILES string of the molecule is COCCc1ccc(-c2cc3ccc(S(=O)(=O)N[C@H]4CC[C@H](C(=O)N5CCOC[C@@H]5C5CC5)CC4)cc3n2C)cc1. The summed E-state index contributed by atoms with van der Waals surface area (Å²) in [6.45, 7) is 2.63. The quantitative estimate of drug-likeness (QED) is 0.403. The van der Waals surface area contributed by atoms with Gasteiger partial charge in [0.1, 0.15) is 0 Å². The zero-order chi connectivity index (χ0) is 28.6. The number of hydrogen-bond acceptors (Lipinski definition) is 5. The van der Waals surface area contributed by atoms with Crippen molar-refractivity contribution in [3.8, 4) is 11.3 Å². The highest BCUT2D eigenvalue weighted by Crippen LogP contribution is 2.38. The molecule has 3 aromatic rings. The molecule has 1 N–H and O–H groups in total. The summed E-state index contributed by atoms with van der Waals surface area (Å²) >= 11 is 0. The van der Waals surface area contributed by atoms with Crippen molar-refractivity contribution in [3.63, 3.8) is 0 Å². The first-order chi connectivity index (χ1) is 19.8. The van der Waals surface area contributed by atoms with Crippen LogP contribution in [0.2, 0.25) is 0 Å². The maximum atomic E-state index is 13.4. The molecule has 0 spiro atoms. The molecule has 8 nitrogen and oxygen atoms in total. The summed E-state index contributed by atoms with van der Waals surface area (Å²) in [6, 6.07) is 15.9. The number of nitrogens with one attached hydrogen (secondary N) is 1. The monoisotopic (exact) mass is 579 g/mol. The molecule has 3 fully saturated rings. The second kappa shape index (κ2) is 11.9. The summed E-state index contributed by atoms with van der Waals surface area (Å²) in [6.07, 6.45) is 6.01. The number of rotatable bonds is 9. The molecular weight excluding hydrogens is 538 g/mol. The van der Waals surface area contributed by atoms with Crippen molar-refractivity contribution in [1.29, 1.82) is 0 Å². The third-order valence-corrected chi connectivity index (χ3v) is 10.7. The topological polar surface area (TPSA) is 89.9 Å². The average molecular weight is 580 g/mol. The lowest BCUT2D eigenvalue weighted by Gasteiger charge is -2.39. The van der Waals surface area contributed by atoms with Gasteiger partial charge in [-0.05, 0) is 80.2 Å². The largest absolute Gasteiger partial charge is 0.384 e. The zero-order valence-corrected chi connectivity index (χ0v) is 24.9. The van der Waals surface area contributed by atoms with Crippen molar-refractivity contribution in [2.75, 3.05) is 33.5 Å². The number of aryl methyl sites for hydroxylation is 1. The molecule has 1 saturated heterocycles. The summed E-state index contributed by atoms with van der Waals surface area (Å²) in [7, 11) is -0.0159. The molecule has 9 heteroatoms. The molecule has 1 atom stereocenters. The van der Waals surface area contributed by atoms with Crippen LogP contribution in [0.15, 0.2) is 53.4 Å². The molecule has 0 radical (unpaired) electrons. The number of aromatic nitrogens is 1. The fourth-order valence-electron chi connectivity index (χ4n) is 6.56. The van der Waals surface area contributed by atoms with Gasteiger partial charge in [-0.25, -0.2) is 13.1 Å². The first-order valence-corrected chi connectivity index (χ1v) is 16.4. The second-order valence-electron chi connectivity index (χ2n) is 11.9. The predicted molar refractivity (Wildman–Crippen MR) is 159 cm³/mol. The van der Waals surface area contributed by atoms with Gasteiger partial charge in [0.05, 0.1) is 30.8 Å². The number of amides is 1. The number of methoxy groups -OCH3 is 1. The maximum absolute atomic E-state index is 13.4. The number of hydrogen-bond donors (Lipinski definition) is 1. The lowest BCUT2D eigenvalue weighted by Crippen LogP contribution is -2.52. The smallest absolute Gasteiger partial charge is 0.240 e. The van der Waals surface area contributed by atoms with Crippen LogP contribution in [0.25, 0.3) is 22.2 Å². The molecule has 2 heterocycles. The number of ether oxygens (including phenoxy) is 2. The summed E-state index contributed by atoms with van der Waals surface area (Å²) in [5, 5.41) is 0.997. The summed E-state index contributed by atoms with van der Waals surface area (Å²) in [5.41, 5.74) is 4.21. The molecule has 3 aliphatic rings. The van der Waals surface area contributed by atoms with Crippen molar-refractivity contribution in [2.24, 2.45) is 18.9 Å². The fourth-order valence-corrected chi connectivity index (χ4v) is 7.89. The summed E-state index contributed by atoms with van der Waals surface area (Å²) in [4.78, 5) is 15.7. The van der Waals surface area contributed by atoms with E-state index >= 15 is 0 Å². The number of carbonyl (C=O) groups excluding carboxylic acids is 1. The van der Waals surface area contributed by atoms with Gasteiger partial charge in [-0.15, -0.1) is 0 Å². The first kappa shape index (κ1) is 28.4. The van der Waals surface area contributed by atoms with E-state index in [0.717, 1.165) is 28.6 Å². The molecule has 0 unspecified atom stereocenters. The number of nitrogens with zero attached hydrogens (tertiary/aromatic N) is 2. The molecule has 0 bridgehead atoms. The lowest BCUT2D eigenvalue weighted by atomic mass is 9.85. The Morgan fingerprint density at radius 1 is 1.02 bits per heavy atom. The molecule has 2 aromatic carbocycles. The van der Waals surface area contributed by atoms with E-state index in [1.54, 1.807) is 19.2 Å². The van der Waals surface area contributed by atoms with Crippen molar-refractivity contribution < 1.29 is 22.7 Å². The average Bonchev–Trinajstić information content (AvgIpc) is 3.79. The highest BCUT2D eigenvalue weighted by molar-refractivity contribution is 7.89. The van der Waals surface area contributed by atoms with Gasteiger partial charge >= 0.3 is 0 Å². The van der Waals surface area contributed by atoms with E-state index in [9.17, 15) is 13.2 Å². The van der Waals surface area contributed by atoms with Gasteiger partial charge < -0.3 is 18.9 Å². The van der Waals surface area contributed by atoms with E-state index < -0.39 is 10.0 Å². The molecule has 220 valence electrons. The van der Waals surface area contributed by atoms with E-state index in [0.29, 0.717) is 58.0 Å². The lowest BCUT2D eigenvalue weighted by molar-refractivity contribution is -0.146. The minimum atomic E-state index is -3.70. The molecule has 2 aliphatic carbocycles. The molecule has 2 saturated carbocycles. The Labute approximate surface area is 243 Å². The third kappa shape index (κ3) is 6.09. The number of carbonyl (C=O) groups is 1. The Morgan fingerprint density at radius 3 is 2.49 bits per heavy atom. The minimum Gasteiger partial charge on any atom is -0.384 e. The standard InChI is InChI=1S/C32H41N3O5S/c1-34-29(23-5-3-22(4-6-23)15-17-39-2)19-26-11-14-28(20-30(26)34)41(37,38)33-27-12-9-25(10-13-27)32(36)35-16-18-40-21-31(35)24-7-8-24/h3-6,11,14,19-20,24-25,27,31,33H,7-10,12-13,15-18,21H2,1-2H3/t25-,27-,31-/m1/s1. The van der Waals surface area contributed by atoms with E-state index in [4.69, 9.17) is 9.47 Å². The minimum absolute atomic E-state index is 0.0257. The van der Waals surface area contributed by atoms with Crippen molar-refractivity contribution >= 4 is 26.8 Å². The molecule has 1 aromatic heterocycles. The zero-order valence-electron chi connectivity index (χ0n) is 24.1. The van der Waals surface area contributed by atoms with Gasteiger partial charge in [0.15, 0.2) is 0 Å². The third-order valence-electron chi connectivity index (χ3n) is 9.18. The maximum Gasteiger partial charge on any atom is 0.240 e. The van der Waals surface area contributed by atoms with Crippen LogP contribution < -0.4 is 4.72 Å². The van der Waals surface area contributed by atoms with Crippen LogP contribution in [0.3, 0.4) is 0 Å². The van der Waals surface area contributed by atoms with Gasteiger partial charge in [-0.2, -0.15) is 0 Å². The van der Waals surface area contributed by atoms with Gasteiger partial charge in [-0.3, -0.25) is 4.79 Å². The molecule has 1 aliphatic heterocycles. The van der Waals surface area contributed by atoms with Crippen molar-refractivity contribution in [3.05, 3.63) is 54.1 Å². The normalized spacial score (nSPS) is 23.7. The van der Waals surface area contributed by atoms with E-state index in [2.05, 4.69) is 44.5 Å².